The maximum atomic E-state index is 10.6. The van der Waals surface area contributed by atoms with Crippen molar-refractivity contribution in [2.75, 3.05) is 37.6 Å². The summed E-state index contributed by atoms with van der Waals surface area (Å²) in [5.41, 5.74) is 0.986. The molecule has 0 unspecified atom stereocenters. The Labute approximate surface area is 99.9 Å². The molecule has 1 fully saturated rings. The lowest BCUT2D eigenvalue weighted by Crippen LogP contribution is -2.47. The van der Waals surface area contributed by atoms with Gasteiger partial charge in [-0.1, -0.05) is 6.07 Å². The molecule has 0 atom stereocenters. The number of carbonyl (C=O) groups is 1. The van der Waals surface area contributed by atoms with Crippen molar-refractivity contribution in [3.05, 3.63) is 24.3 Å². The van der Waals surface area contributed by atoms with Gasteiger partial charge < -0.3 is 15.1 Å². The van der Waals surface area contributed by atoms with E-state index in [4.69, 9.17) is 5.11 Å². The van der Waals surface area contributed by atoms with Crippen LogP contribution in [-0.2, 0) is 4.79 Å². The molecule has 1 aromatic rings. The SMILES string of the molecule is O=C(O)CN1CCN(c2cccc(O)c2)CC1. The fourth-order valence-electron chi connectivity index (χ4n) is 2.05. The van der Waals surface area contributed by atoms with Gasteiger partial charge in [0.1, 0.15) is 5.75 Å². The summed E-state index contributed by atoms with van der Waals surface area (Å²) in [6.07, 6.45) is 0. The Morgan fingerprint density at radius 3 is 2.53 bits per heavy atom. The molecular weight excluding hydrogens is 220 g/mol. The molecule has 1 aromatic carbocycles. The third kappa shape index (κ3) is 3.10. The first-order chi connectivity index (χ1) is 8.15. The van der Waals surface area contributed by atoms with Crippen LogP contribution in [0.15, 0.2) is 24.3 Å². The summed E-state index contributed by atoms with van der Waals surface area (Å²) in [6.45, 7) is 3.16. The molecule has 0 radical (unpaired) electrons. The molecule has 0 spiro atoms. The Morgan fingerprint density at radius 1 is 1.24 bits per heavy atom. The lowest BCUT2D eigenvalue weighted by molar-refractivity contribution is -0.138. The number of hydrogen-bond acceptors (Lipinski definition) is 4. The van der Waals surface area contributed by atoms with E-state index in [1.54, 1.807) is 12.1 Å². The molecule has 5 heteroatoms. The Bertz CT molecular complexity index is 400. The number of benzene rings is 1. The molecule has 17 heavy (non-hydrogen) atoms. The quantitative estimate of drug-likeness (QED) is 0.804. The average molecular weight is 236 g/mol. The van der Waals surface area contributed by atoms with Gasteiger partial charge in [-0.05, 0) is 12.1 Å². The number of phenols is 1. The van der Waals surface area contributed by atoms with Gasteiger partial charge in [-0.15, -0.1) is 0 Å². The van der Waals surface area contributed by atoms with Crippen LogP contribution in [0.3, 0.4) is 0 Å². The molecule has 0 aliphatic carbocycles. The lowest BCUT2D eigenvalue weighted by Gasteiger charge is -2.35. The molecule has 1 heterocycles. The monoisotopic (exact) mass is 236 g/mol. The van der Waals surface area contributed by atoms with Crippen LogP contribution in [0.2, 0.25) is 0 Å². The molecule has 0 bridgehead atoms. The summed E-state index contributed by atoms with van der Waals surface area (Å²) >= 11 is 0. The first kappa shape index (κ1) is 11.7. The number of aromatic hydroxyl groups is 1. The Morgan fingerprint density at radius 2 is 1.94 bits per heavy atom. The van der Waals surface area contributed by atoms with Crippen molar-refractivity contribution in [2.45, 2.75) is 0 Å². The number of carboxylic acids is 1. The number of piperazine rings is 1. The van der Waals surface area contributed by atoms with Crippen molar-refractivity contribution >= 4 is 11.7 Å². The number of aliphatic carboxylic acids is 1. The fourth-order valence-corrected chi connectivity index (χ4v) is 2.05. The highest BCUT2D eigenvalue weighted by Gasteiger charge is 2.18. The second-order valence-corrected chi connectivity index (χ2v) is 4.18. The first-order valence-corrected chi connectivity index (χ1v) is 5.63. The van der Waals surface area contributed by atoms with Gasteiger partial charge in [0.25, 0.3) is 0 Å². The molecule has 2 rings (SSSR count). The number of phenolic OH excluding ortho intramolecular Hbond substituents is 1. The van der Waals surface area contributed by atoms with Gasteiger partial charge in [-0.2, -0.15) is 0 Å². The summed E-state index contributed by atoms with van der Waals surface area (Å²) in [4.78, 5) is 14.6. The van der Waals surface area contributed by atoms with Crippen molar-refractivity contribution in [1.82, 2.24) is 4.90 Å². The number of hydrogen-bond donors (Lipinski definition) is 2. The van der Waals surface area contributed by atoms with Crippen molar-refractivity contribution in [2.24, 2.45) is 0 Å². The zero-order chi connectivity index (χ0) is 12.3. The largest absolute Gasteiger partial charge is 0.508 e. The molecule has 92 valence electrons. The predicted octanol–water partition coefficient (Wildman–Crippen LogP) is 0.599. The maximum Gasteiger partial charge on any atom is 0.317 e. The summed E-state index contributed by atoms with van der Waals surface area (Å²) in [7, 11) is 0. The van der Waals surface area contributed by atoms with E-state index < -0.39 is 5.97 Å². The number of rotatable bonds is 3. The van der Waals surface area contributed by atoms with E-state index in [0.29, 0.717) is 0 Å². The van der Waals surface area contributed by atoms with Crippen LogP contribution >= 0.6 is 0 Å². The van der Waals surface area contributed by atoms with Gasteiger partial charge in [0.15, 0.2) is 0 Å². The van der Waals surface area contributed by atoms with E-state index >= 15 is 0 Å². The molecule has 0 aromatic heterocycles. The molecule has 0 amide bonds. The zero-order valence-electron chi connectivity index (χ0n) is 9.54. The number of anilines is 1. The second-order valence-electron chi connectivity index (χ2n) is 4.18. The van der Waals surface area contributed by atoms with Crippen molar-refractivity contribution in [3.63, 3.8) is 0 Å². The standard InChI is InChI=1S/C12H16N2O3/c15-11-3-1-2-10(8-11)14-6-4-13(5-7-14)9-12(16)17/h1-3,8,15H,4-7,9H2,(H,16,17). The fraction of sp³-hybridized carbons (Fsp3) is 0.417. The van der Waals surface area contributed by atoms with E-state index in [9.17, 15) is 9.90 Å². The molecule has 0 saturated carbocycles. The lowest BCUT2D eigenvalue weighted by atomic mass is 10.2. The van der Waals surface area contributed by atoms with Crippen LogP contribution in [0, 0.1) is 0 Å². The van der Waals surface area contributed by atoms with Crippen LogP contribution < -0.4 is 4.90 Å². The summed E-state index contributed by atoms with van der Waals surface area (Å²) in [6, 6.07) is 7.14. The van der Waals surface area contributed by atoms with E-state index in [1.165, 1.54) is 0 Å². The minimum absolute atomic E-state index is 0.105. The Kier molecular flexibility index (Phi) is 3.49. The highest BCUT2D eigenvalue weighted by atomic mass is 16.4. The predicted molar refractivity (Wildman–Crippen MR) is 64.4 cm³/mol. The first-order valence-electron chi connectivity index (χ1n) is 5.63. The summed E-state index contributed by atoms with van der Waals surface area (Å²) in [5, 5.41) is 18.1. The molecule has 2 N–H and O–H groups in total. The van der Waals surface area contributed by atoms with Crippen LogP contribution in [-0.4, -0.2) is 53.8 Å². The smallest absolute Gasteiger partial charge is 0.317 e. The highest BCUT2D eigenvalue weighted by molar-refractivity contribution is 5.69. The zero-order valence-corrected chi connectivity index (χ0v) is 9.54. The number of carboxylic acid groups (broad SMARTS) is 1. The van der Waals surface area contributed by atoms with E-state index in [-0.39, 0.29) is 12.3 Å². The van der Waals surface area contributed by atoms with Gasteiger partial charge in [0, 0.05) is 37.9 Å². The summed E-state index contributed by atoms with van der Waals surface area (Å²) in [5.74, 6) is -0.522. The number of nitrogens with zero attached hydrogens (tertiary/aromatic N) is 2. The van der Waals surface area contributed by atoms with Crippen LogP contribution in [0.5, 0.6) is 5.75 Å². The van der Waals surface area contributed by atoms with Crippen molar-refractivity contribution < 1.29 is 15.0 Å². The maximum absolute atomic E-state index is 10.6. The van der Waals surface area contributed by atoms with Crippen molar-refractivity contribution in [1.29, 1.82) is 0 Å². The minimum atomic E-state index is -0.782. The van der Waals surface area contributed by atoms with Gasteiger partial charge in [0.2, 0.25) is 0 Å². The van der Waals surface area contributed by atoms with Gasteiger partial charge in [0.05, 0.1) is 6.54 Å². The Balaban J connectivity index is 1.93. The van der Waals surface area contributed by atoms with Gasteiger partial charge in [-0.25, -0.2) is 0 Å². The van der Waals surface area contributed by atoms with E-state index in [2.05, 4.69) is 4.90 Å². The van der Waals surface area contributed by atoms with Gasteiger partial charge >= 0.3 is 5.97 Å². The van der Waals surface area contributed by atoms with Gasteiger partial charge in [-0.3, -0.25) is 9.69 Å². The third-order valence-corrected chi connectivity index (χ3v) is 2.93. The molecule has 1 saturated heterocycles. The molecular formula is C12H16N2O3. The normalized spacial score (nSPS) is 17.1. The second kappa shape index (κ2) is 5.05. The minimum Gasteiger partial charge on any atom is -0.508 e. The topological polar surface area (TPSA) is 64.0 Å². The van der Waals surface area contributed by atoms with Crippen LogP contribution in [0.4, 0.5) is 5.69 Å². The molecule has 1 aliphatic rings. The average Bonchev–Trinajstić information content (AvgIpc) is 2.29. The van der Waals surface area contributed by atoms with Crippen LogP contribution in [0.25, 0.3) is 0 Å². The third-order valence-electron chi connectivity index (χ3n) is 2.93. The van der Waals surface area contributed by atoms with E-state index in [0.717, 1.165) is 31.9 Å². The Hall–Kier alpha value is -1.75. The highest BCUT2D eigenvalue weighted by Crippen LogP contribution is 2.21. The molecule has 5 nitrogen and oxygen atoms in total. The summed E-state index contributed by atoms with van der Waals surface area (Å²) < 4.78 is 0. The van der Waals surface area contributed by atoms with Crippen molar-refractivity contribution in [3.8, 4) is 5.75 Å². The molecule has 1 aliphatic heterocycles. The van der Waals surface area contributed by atoms with E-state index in [1.807, 2.05) is 17.0 Å². The van der Waals surface area contributed by atoms with Crippen LogP contribution in [0.1, 0.15) is 0 Å².